The first-order valence-electron chi connectivity index (χ1n) is 24.4. The highest BCUT2D eigenvalue weighted by atomic mass is 35.5. The van der Waals surface area contributed by atoms with Crippen molar-refractivity contribution < 1.29 is 47.7 Å². The van der Waals surface area contributed by atoms with E-state index in [1.54, 1.807) is 121 Å². The summed E-state index contributed by atoms with van der Waals surface area (Å²) in [7, 11) is 6.19. The van der Waals surface area contributed by atoms with Crippen LogP contribution in [0.2, 0.25) is 10.0 Å². The van der Waals surface area contributed by atoms with E-state index in [0.717, 1.165) is 11.1 Å². The third kappa shape index (κ3) is 13.9. The minimum atomic E-state index is -0.428. The van der Waals surface area contributed by atoms with Crippen molar-refractivity contribution >= 4 is 58.6 Å². The molecule has 0 unspecified atom stereocenters. The number of nitrogens with one attached hydrogen (secondary N) is 2. The van der Waals surface area contributed by atoms with E-state index in [0.29, 0.717) is 58.2 Å². The highest BCUT2D eigenvalue weighted by molar-refractivity contribution is 6.30. The zero-order valence-corrected chi connectivity index (χ0v) is 43.7. The molecule has 5 aromatic rings. The van der Waals surface area contributed by atoms with E-state index in [1.807, 2.05) is 24.3 Å². The lowest BCUT2D eigenvalue weighted by Gasteiger charge is -2.23. The molecule has 18 heteroatoms. The SMILES string of the molecule is COCCN(CCOC)C(=O)c1cc2c(cc1C(=O)NCCc1ccc(Cl)cc1)CN(C(=O)c1cccc(C(=O)N3Cc4cc(C(=O)NCCc5ccc(Cl)cc5)c(C(=O)N(CCOC)CCOC)cc4C3)c1)C2. The number of hydrogen-bond donors (Lipinski definition) is 2. The molecule has 0 radical (unpaired) electrons. The van der Waals surface area contributed by atoms with Gasteiger partial charge in [0.05, 0.1) is 48.7 Å². The third-order valence-corrected chi connectivity index (χ3v) is 13.6. The molecule has 16 nitrogen and oxygen atoms in total. The molecular formula is C56H62Cl2N6O10. The van der Waals surface area contributed by atoms with Crippen LogP contribution in [0.1, 0.15) is 95.5 Å². The average molecular weight is 1050 g/mol. The number of rotatable bonds is 24. The monoisotopic (exact) mass is 1050 g/mol. The van der Waals surface area contributed by atoms with E-state index in [1.165, 1.54) is 0 Å². The summed E-state index contributed by atoms with van der Waals surface area (Å²) < 4.78 is 21.2. The van der Waals surface area contributed by atoms with E-state index < -0.39 is 11.8 Å². The van der Waals surface area contributed by atoms with Gasteiger partial charge in [0.2, 0.25) is 0 Å². The van der Waals surface area contributed by atoms with Gasteiger partial charge in [0.1, 0.15) is 0 Å². The Morgan fingerprint density at radius 3 is 1.12 bits per heavy atom. The number of amides is 6. The molecule has 0 bridgehead atoms. The molecule has 0 aliphatic carbocycles. The fraction of sp³-hybridized carbons (Fsp3) is 0.357. The van der Waals surface area contributed by atoms with Gasteiger partial charge in [0, 0.05) is 115 Å². The Bertz CT molecular complexity index is 2630. The van der Waals surface area contributed by atoms with Crippen LogP contribution < -0.4 is 10.6 Å². The normalized spacial score (nSPS) is 12.6. The van der Waals surface area contributed by atoms with Gasteiger partial charge in [-0.2, -0.15) is 0 Å². The molecule has 7 rings (SSSR count). The van der Waals surface area contributed by atoms with Gasteiger partial charge in [-0.25, -0.2) is 0 Å². The number of carbonyl (C=O) groups is 6. The molecule has 390 valence electrons. The van der Waals surface area contributed by atoms with E-state index in [9.17, 15) is 28.8 Å². The predicted octanol–water partition coefficient (Wildman–Crippen LogP) is 6.72. The number of nitrogens with zero attached hydrogens (tertiary/aromatic N) is 4. The van der Waals surface area contributed by atoms with Gasteiger partial charge in [0.15, 0.2) is 0 Å². The number of fused-ring (bicyclic) bond motifs is 2. The van der Waals surface area contributed by atoms with Crippen molar-refractivity contribution in [2.75, 3.05) is 94.1 Å². The molecule has 0 saturated heterocycles. The van der Waals surface area contributed by atoms with E-state index in [2.05, 4.69) is 10.6 Å². The molecule has 5 aromatic carbocycles. The second-order valence-corrected chi connectivity index (χ2v) is 18.9. The maximum Gasteiger partial charge on any atom is 0.254 e. The van der Waals surface area contributed by atoms with Crippen LogP contribution in [0.5, 0.6) is 0 Å². The van der Waals surface area contributed by atoms with Crippen LogP contribution in [0.15, 0.2) is 97.1 Å². The molecule has 74 heavy (non-hydrogen) atoms. The number of hydrogen-bond acceptors (Lipinski definition) is 10. The summed E-state index contributed by atoms with van der Waals surface area (Å²) in [5.41, 5.74) is 6.15. The van der Waals surface area contributed by atoms with Gasteiger partial charge < -0.3 is 49.2 Å². The number of halogens is 2. The molecule has 2 heterocycles. The highest BCUT2D eigenvalue weighted by Gasteiger charge is 2.33. The maximum atomic E-state index is 14.3. The molecule has 0 fully saturated rings. The molecule has 0 atom stereocenters. The summed E-state index contributed by atoms with van der Waals surface area (Å²) in [5, 5.41) is 7.16. The Hall–Kier alpha value is -6.66. The van der Waals surface area contributed by atoms with Crippen LogP contribution in [0.4, 0.5) is 0 Å². The first-order valence-corrected chi connectivity index (χ1v) is 25.2. The van der Waals surface area contributed by atoms with Gasteiger partial charge in [-0.1, -0.05) is 53.5 Å². The van der Waals surface area contributed by atoms with Crippen molar-refractivity contribution in [3.8, 4) is 0 Å². The molecule has 6 amide bonds. The Morgan fingerprint density at radius 2 is 0.797 bits per heavy atom. The van der Waals surface area contributed by atoms with Crippen molar-refractivity contribution in [3.05, 3.63) is 174 Å². The lowest BCUT2D eigenvalue weighted by molar-refractivity contribution is 0.0620. The summed E-state index contributed by atoms with van der Waals surface area (Å²) in [5.74, 6) is -2.28. The largest absolute Gasteiger partial charge is 0.383 e. The second kappa shape index (κ2) is 26.5. The van der Waals surface area contributed by atoms with E-state index in [-0.39, 0.29) is 136 Å². The lowest BCUT2D eigenvalue weighted by Crippen LogP contribution is -2.38. The Morgan fingerprint density at radius 1 is 0.473 bits per heavy atom. The predicted molar refractivity (Wildman–Crippen MR) is 281 cm³/mol. The zero-order chi connectivity index (χ0) is 52.7. The van der Waals surface area contributed by atoms with Crippen molar-refractivity contribution in [2.24, 2.45) is 0 Å². The molecule has 0 spiro atoms. The van der Waals surface area contributed by atoms with Crippen LogP contribution in [-0.4, -0.2) is 149 Å². The highest BCUT2D eigenvalue weighted by Crippen LogP contribution is 2.31. The summed E-state index contributed by atoms with van der Waals surface area (Å²) in [6, 6.07) is 28.0. The summed E-state index contributed by atoms with van der Waals surface area (Å²) in [6.07, 6.45) is 1.08. The molecule has 0 saturated carbocycles. The van der Waals surface area contributed by atoms with Crippen LogP contribution >= 0.6 is 23.2 Å². The topological polar surface area (TPSA) is 176 Å². The molecular weight excluding hydrogens is 988 g/mol. The van der Waals surface area contributed by atoms with Crippen molar-refractivity contribution in [1.29, 1.82) is 0 Å². The van der Waals surface area contributed by atoms with Gasteiger partial charge in [-0.15, -0.1) is 0 Å². The van der Waals surface area contributed by atoms with Gasteiger partial charge in [-0.3, -0.25) is 28.8 Å². The number of benzene rings is 5. The van der Waals surface area contributed by atoms with Crippen molar-refractivity contribution in [2.45, 2.75) is 39.0 Å². The fourth-order valence-electron chi connectivity index (χ4n) is 8.98. The quantitative estimate of drug-likeness (QED) is 0.0675. The third-order valence-electron chi connectivity index (χ3n) is 13.1. The Kier molecular flexibility index (Phi) is 19.7. The van der Waals surface area contributed by atoms with Crippen LogP contribution in [0.3, 0.4) is 0 Å². The molecule has 2 aliphatic heterocycles. The summed E-state index contributed by atoms with van der Waals surface area (Å²) >= 11 is 12.1. The van der Waals surface area contributed by atoms with Gasteiger partial charge in [-0.05, 0) is 113 Å². The Balaban J connectivity index is 1.09. The maximum absolute atomic E-state index is 14.3. The minimum absolute atomic E-state index is 0.162. The Labute approximate surface area is 441 Å². The van der Waals surface area contributed by atoms with Gasteiger partial charge >= 0.3 is 0 Å². The van der Waals surface area contributed by atoms with Crippen molar-refractivity contribution in [1.82, 2.24) is 30.2 Å². The standard InChI is InChI=1S/C56H62Cl2N6O10/c1-71-24-20-61(21-25-72-2)55(69)49-31-43-35-63(33-41(43)29-47(49)51(65)59-18-16-37-8-12-45(57)13-9-37)53(67)39-6-5-7-40(28-39)54(68)64-34-42-30-48(52(66)60-19-17-38-10-14-46(58)15-11-38)50(32-44(42)36-64)56(70)62(22-26-73-3)23-27-74-4/h5-15,28-32H,16-27,33-36H2,1-4H3,(H,59,65)(H,60,66). The number of methoxy groups -OCH3 is 4. The van der Waals surface area contributed by atoms with Crippen LogP contribution in [0, 0.1) is 0 Å². The van der Waals surface area contributed by atoms with Gasteiger partial charge in [0.25, 0.3) is 35.4 Å². The number of carbonyl (C=O) groups excluding carboxylic acids is 6. The van der Waals surface area contributed by atoms with E-state index >= 15 is 0 Å². The summed E-state index contributed by atoms with van der Waals surface area (Å²) in [6.45, 7) is 3.44. The van der Waals surface area contributed by atoms with Crippen LogP contribution in [0.25, 0.3) is 0 Å². The average Bonchev–Trinajstić information content (AvgIpc) is 4.04. The second-order valence-electron chi connectivity index (χ2n) is 18.1. The lowest BCUT2D eigenvalue weighted by atomic mass is 9.98. The first-order chi connectivity index (χ1) is 35.8. The van der Waals surface area contributed by atoms with Crippen molar-refractivity contribution in [3.63, 3.8) is 0 Å². The molecule has 2 N–H and O–H groups in total. The smallest absolute Gasteiger partial charge is 0.254 e. The fourth-order valence-corrected chi connectivity index (χ4v) is 9.23. The number of ether oxygens (including phenoxy) is 4. The first kappa shape index (κ1) is 55.1. The summed E-state index contributed by atoms with van der Waals surface area (Å²) in [4.78, 5) is 91.5. The molecule has 0 aromatic heterocycles. The zero-order valence-electron chi connectivity index (χ0n) is 42.2. The molecule has 2 aliphatic rings. The van der Waals surface area contributed by atoms with Crippen LogP contribution in [-0.2, 0) is 58.0 Å². The minimum Gasteiger partial charge on any atom is -0.383 e. The van der Waals surface area contributed by atoms with E-state index in [4.69, 9.17) is 42.1 Å².